The number of nitrogens with zero attached hydrogens (tertiary/aromatic N) is 1. The van der Waals surface area contributed by atoms with E-state index in [1.54, 1.807) is 6.21 Å². The first-order valence-electron chi connectivity index (χ1n) is 7.45. The number of thiocarbonyl (C=S) groups is 1. The normalized spacial score (nSPS) is 20.7. The zero-order valence-electron chi connectivity index (χ0n) is 12.6. The lowest BCUT2D eigenvalue weighted by molar-refractivity contribution is 0.145. The van der Waals surface area contributed by atoms with Crippen LogP contribution in [0.3, 0.4) is 0 Å². The summed E-state index contributed by atoms with van der Waals surface area (Å²) in [6.07, 6.45) is 3.78. The van der Waals surface area contributed by atoms with Gasteiger partial charge in [0.15, 0.2) is 5.11 Å². The number of nitrogens with one attached hydrogen (secondary N) is 2. The van der Waals surface area contributed by atoms with E-state index in [2.05, 4.69) is 22.8 Å². The van der Waals surface area contributed by atoms with Crippen molar-refractivity contribution in [2.75, 3.05) is 19.8 Å². The third kappa shape index (κ3) is 5.47. The lowest BCUT2D eigenvalue weighted by Gasteiger charge is -2.06. The van der Waals surface area contributed by atoms with E-state index < -0.39 is 0 Å². The topological polar surface area (TPSA) is 58.8 Å². The second-order valence-corrected chi connectivity index (χ2v) is 5.64. The zero-order chi connectivity index (χ0) is 15.1. The van der Waals surface area contributed by atoms with Gasteiger partial charge in [0, 0.05) is 25.7 Å². The Hall–Kier alpha value is -1.40. The first kappa shape index (κ1) is 16.0. The van der Waals surface area contributed by atoms with Crippen LogP contribution in [-0.4, -0.2) is 31.1 Å². The Bertz CT molecular complexity index is 487. The Morgan fingerprint density at radius 1 is 1.57 bits per heavy atom. The molecule has 1 aromatic rings. The van der Waals surface area contributed by atoms with Crippen molar-refractivity contribution in [2.24, 2.45) is 11.0 Å². The lowest BCUT2D eigenvalue weighted by atomic mass is 10.3. The van der Waals surface area contributed by atoms with E-state index in [-0.39, 0.29) is 0 Å². The molecule has 1 aliphatic rings. The highest BCUT2D eigenvalue weighted by Crippen LogP contribution is 2.47. The van der Waals surface area contributed by atoms with Gasteiger partial charge in [-0.1, -0.05) is 6.92 Å². The van der Waals surface area contributed by atoms with Crippen LogP contribution in [0.2, 0.25) is 0 Å². The van der Waals surface area contributed by atoms with Gasteiger partial charge in [-0.3, -0.25) is 5.43 Å². The Morgan fingerprint density at radius 2 is 2.38 bits per heavy atom. The highest BCUT2D eigenvalue weighted by atomic mass is 32.1. The smallest absolute Gasteiger partial charge is 0.186 e. The Morgan fingerprint density at radius 3 is 3.10 bits per heavy atom. The molecule has 2 rings (SSSR count). The van der Waals surface area contributed by atoms with E-state index >= 15 is 0 Å². The molecule has 0 bridgehead atoms. The maximum atomic E-state index is 5.72. The lowest BCUT2D eigenvalue weighted by Crippen LogP contribution is -2.33. The first-order chi connectivity index (χ1) is 10.2. The fourth-order valence-corrected chi connectivity index (χ4v) is 2.22. The van der Waals surface area contributed by atoms with Gasteiger partial charge in [0.05, 0.1) is 6.21 Å². The van der Waals surface area contributed by atoms with Crippen molar-refractivity contribution in [2.45, 2.75) is 32.6 Å². The number of hydrogen-bond donors (Lipinski definition) is 2. The molecule has 1 fully saturated rings. The van der Waals surface area contributed by atoms with Crippen LogP contribution in [0.5, 0.6) is 0 Å². The van der Waals surface area contributed by atoms with Crippen molar-refractivity contribution in [3.8, 4) is 0 Å². The first-order valence-corrected chi connectivity index (χ1v) is 7.86. The minimum absolute atomic E-state index is 0.505. The maximum Gasteiger partial charge on any atom is 0.186 e. The van der Waals surface area contributed by atoms with Crippen molar-refractivity contribution in [3.63, 3.8) is 0 Å². The molecule has 5 nitrogen and oxygen atoms in total. The van der Waals surface area contributed by atoms with Gasteiger partial charge in [-0.25, -0.2) is 0 Å². The van der Waals surface area contributed by atoms with Gasteiger partial charge in [0.25, 0.3) is 0 Å². The molecule has 1 heterocycles. The van der Waals surface area contributed by atoms with Gasteiger partial charge >= 0.3 is 0 Å². The molecular weight excluding hydrogens is 286 g/mol. The van der Waals surface area contributed by atoms with Crippen molar-refractivity contribution in [3.05, 3.63) is 23.7 Å². The fourth-order valence-electron chi connectivity index (χ4n) is 2.07. The van der Waals surface area contributed by atoms with Crippen LogP contribution in [-0.2, 0) is 4.74 Å². The summed E-state index contributed by atoms with van der Waals surface area (Å²) in [5, 5.41) is 7.63. The van der Waals surface area contributed by atoms with E-state index in [1.807, 2.05) is 19.1 Å². The number of hydrazone groups is 1. The van der Waals surface area contributed by atoms with Crippen LogP contribution in [0, 0.1) is 5.92 Å². The summed E-state index contributed by atoms with van der Waals surface area (Å²) >= 11 is 5.11. The van der Waals surface area contributed by atoms with Crippen LogP contribution in [0.4, 0.5) is 0 Å². The summed E-state index contributed by atoms with van der Waals surface area (Å²) in [7, 11) is 0. The molecule has 0 saturated heterocycles. The van der Waals surface area contributed by atoms with Gasteiger partial charge in [0.2, 0.25) is 0 Å². The molecular formula is C15H23N3O2S. The molecule has 2 N–H and O–H groups in total. The Balaban J connectivity index is 1.63. The van der Waals surface area contributed by atoms with E-state index in [1.165, 1.54) is 6.42 Å². The average Bonchev–Trinajstić information content (AvgIpc) is 3.00. The zero-order valence-corrected chi connectivity index (χ0v) is 13.4. The van der Waals surface area contributed by atoms with Gasteiger partial charge < -0.3 is 14.5 Å². The Kier molecular flexibility index (Phi) is 6.20. The third-order valence-electron chi connectivity index (χ3n) is 3.44. The number of ether oxygens (including phenoxy) is 1. The predicted octanol–water partition coefficient (Wildman–Crippen LogP) is 2.63. The molecule has 21 heavy (non-hydrogen) atoms. The minimum Gasteiger partial charge on any atom is -0.460 e. The average molecular weight is 309 g/mol. The molecule has 0 aliphatic heterocycles. The van der Waals surface area contributed by atoms with E-state index in [0.717, 1.165) is 43.6 Å². The highest BCUT2D eigenvalue weighted by molar-refractivity contribution is 7.80. The SMILES string of the molecule is CCOCCCNC(=S)N/N=C\c1ccc([C@@H]2C[C@H]2C)o1. The van der Waals surface area contributed by atoms with Crippen LogP contribution in [0.15, 0.2) is 21.7 Å². The molecule has 1 aliphatic carbocycles. The van der Waals surface area contributed by atoms with Crippen molar-refractivity contribution in [1.82, 2.24) is 10.7 Å². The van der Waals surface area contributed by atoms with Crippen LogP contribution in [0.25, 0.3) is 0 Å². The van der Waals surface area contributed by atoms with Crippen LogP contribution in [0.1, 0.15) is 44.1 Å². The second-order valence-electron chi connectivity index (χ2n) is 5.24. The van der Waals surface area contributed by atoms with Gasteiger partial charge in [-0.2, -0.15) is 5.10 Å². The van der Waals surface area contributed by atoms with Gasteiger partial charge in [0.1, 0.15) is 11.5 Å². The largest absolute Gasteiger partial charge is 0.460 e. The number of furan rings is 1. The standard InChI is InChI=1S/C15H23N3O2S/c1-3-19-8-4-7-16-15(21)18-17-10-12-5-6-14(20-12)13-9-11(13)2/h5-6,10-11,13H,3-4,7-9H2,1-2H3,(H2,16,18,21)/b17-10-/t11-,13-/m1/s1. The monoisotopic (exact) mass is 309 g/mol. The summed E-state index contributed by atoms with van der Waals surface area (Å²) < 4.78 is 11.0. The van der Waals surface area contributed by atoms with Gasteiger partial charge in [-0.15, -0.1) is 0 Å². The van der Waals surface area contributed by atoms with Gasteiger partial charge in [-0.05, 0) is 50.0 Å². The number of hydrogen-bond acceptors (Lipinski definition) is 4. The van der Waals surface area contributed by atoms with E-state index in [9.17, 15) is 0 Å². The second kappa shape index (κ2) is 8.14. The van der Waals surface area contributed by atoms with E-state index in [0.29, 0.717) is 11.0 Å². The summed E-state index contributed by atoms with van der Waals surface area (Å²) in [6, 6.07) is 3.96. The Labute approximate surface area is 131 Å². The minimum atomic E-state index is 0.505. The van der Waals surface area contributed by atoms with Crippen LogP contribution < -0.4 is 10.7 Å². The molecule has 0 radical (unpaired) electrons. The summed E-state index contributed by atoms with van der Waals surface area (Å²) in [4.78, 5) is 0. The van der Waals surface area contributed by atoms with Crippen molar-refractivity contribution >= 4 is 23.5 Å². The number of rotatable bonds is 8. The van der Waals surface area contributed by atoms with E-state index in [4.69, 9.17) is 21.4 Å². The van der Waals surface area contributed by atoms with Crippen LogP contribution >= 0.6 is 12.2 Å². The third-order valence-corrected chi connectivity index (χ3v) is 3.67. The molecule has 0 unspecified atom stereocenters. The molecule has 116 valence electrons. The summed E-state index contributed by atoms with van der Waals surface area (Å²) in [6.45, 7) is 6.48. The fraction of sp³-hybridized carbons (Fsp3) is 0.600. The quantitative estimate of drug-likeness (QED) is 0.334. The molecule has 6 heteroatoms. The summed E-state index contributed by atoms with van der Waals surface area (Å²) in [5.74, 6) is 3.14. The molecule has 2 atom stereocenters. The summed E-state index contributed by atoms with van der Waals surface area (Å²) in [5.41, 5.74) is 2.77. The molecule has 0 spiro atoms. The molecule has 1 aromatic heterocycles. The molecule has 0 amide bonds. The molecule has 0 aromatic carbocycles. The predicted molar refractivity (Wildman–Crippen MR) is 87.7 cm³/mol. The van der Waals surface area contributed by atoms with Crippen molar-refractivity contribution < 1.29 is 9.15 Å². The highest BCUT2D eigenvalue weighted by Gasteiger charge is 2.36. The maximum absolute atomic E-state index is 5.72. The van der Waals surface area contributed by atoms with Crippen molar-refractivity contribution in [1.29, 1.82) is 0 Å². The molecule has 1 saturated carbocycles.